The van der Waals surface area contributed by atoms with Gasteiger partial charge in [0.25, 0.3) is 0 Å². The largest absolute Gasteiger partial charge is 0.480 e. The van der Waals surface area contributed by atoms with Crippen LogP contribution in [-0.4, -0.2) is 34.3 Å². The summed E-state index contributed by atoms with van der Waals surface area (Å²) < 4.78 is 0. The van der Waals surface area contributed by atoms with E-state index in [0.29, 0.717) is 6.42 Å². The van der Waals surface area contributed by atoms with Gasteiger partial charge < -0.3 is 5.11 Å². The molecule has 2 rings (SSSR count). The smallest absolute Gasteiger partial charge is 0.323 e. The van der Waals surface area contributed by atoms with Crippen LogP contribution in [-0.2, 0) is 20.8 Å². The van der Waals surface area contributed by atoms with Gasteiger partial charge in [-0.3, -0.25) is 19.3 Å². The van der Waals surface area contributed by atoms with Gasteiger partial charge in [-0.05, 0) is 18.9 Å². The number of likely N-dealkylation sites (tertiary alicyclic amines) is 1. The monoisotopic (exact) mass is 275 g/mol. The maximum atomic E-state index is 12.2. The Kier molecular flexibility index (Phi) is 3.88. The number of aryl methyl sites for hydroxylation is 1. The standard InChI is InChI=1S/C15H17NO4/c1-9-3-5-11(6-4-9)7-12-10(2)14(19)16(15(12)20)8-13(17)18/h3-6,10,12H,7-8H2,1-2H3,(H,17,18)/t10-,12+/m1/s1. The third kappa shape index (κ3) is 2.71. The third-order valence-corrected chi connectivity index (χ3v) is 3.71. The number of hydrogen-bond acceptors (Lipinski definition) is 3. The van der Waals surface area contributed by atoms with E-state index < -0.39 is 30.3 Å². The molecule has 1 fully saturated rings. The summed E-state index contributed by atoms with van der Waals surface area (Å²) in [7, 11) is 0. The molecule has 1 aromatic rings. The normalized spacial score (nSPS) is 22.4. The van der Waals surface area contributed by atoms with Gasteiger partial charge in [0.15, 0.2) is 0 Å². The lowest BCUT2D eigenvalue weighted by atomic mass is 9.90. The molecule has 106 valence electrons. The lowest BCUT2D eigenvalue weighted by Gasteiger charge is -2.12. The summed E-state index contributed by atoms with van der Waals surface area (Å²) in [6, 6.07) is 7.77. The second kappa shape index (κ2) is 5.45. The van der Waals surface area contributed by atoms with E-state index in [-0.39, 0.29) is 5.91 Å². The van der Waals surface area contributed by atoms with Gasteiger partial charge in [0.2, 0.25) is 11.8 Å². The van der Waals surface area contributed by atoms with Gasteiger partial charge in [-0.25, -0.2) is 0 Å². The number of carbonyl (C=O) groups excluding carboxylic acids is 2. The van der Waals surface area contributed by atoms with Gasteiger partial charge in [0, 0.05) is 5.92 Å². The van der Waals surface area contributed by atoms with Crippen LogP contribution >= 0.6 is 0 Å². The van der Waals surface area contributed by atoms with Crippen LogP contribution in [0, 0.1) is 18.8 Å². The van der Waals surface area contributed by atoms with Crippen molar-refractivity contribution in [1.82, 2.24) is 4.90 Å². The maximum Gasteiger partial charge on any atom is 0.323 e. The maximum absolute atomic E-state index is 12.2. The first-order valence-corrected chi connectivity index (χ1v) is 6.52. The van der Waals surface area contributed by atoms with Crippen molar-refractivity contribution in [3.8, 4) is 0 Å². The second-order valence-electron chi connectivity index (χ2n) is 5.24. The van der Waals surface area contributed by atoms with E-state index in [1.807, 2.05) is 31.2 Å². The Morgan fingerprint density at radius 1 is 1.20 bits per heavy atom. The fraction of sp³-hybridized carbons (Fsp3) is 0.400. The van der Waals surface area contributed by atoms with E-state index in [0.717, 1.165) is 16.0 Å². The molecule has 2 amide bonds. The minimum Gasteiger partial charge on any atom is -0.480 e. The Balaban J connectivity index is 2.16. The summed E-state index contributed by atoms with van der Waals surface area (Å²) in [5.74, 6) is -2.89. The zero-order valence-electron chi connectivity index (χ0n) is 11.5. The van der Waals surface area contributed by atoms with Gasteiger partial charge in [0.1, 0.15) is 6.54 Å². The third-order valence-electron chi connectivity index (χ3n) is 3.71. The SMILES string of the molecule is Cc1ccc(C[C@@H]2C(=O)N(CC(=O)O)C(=O)[C@@H]2C)cc1. The summed E-state index contributed by atoms with van der Waals surface area (Å²) in [6.07, 6.45) is 0.460. The summed E-state index contributed by atoms with van der Waals surface area (Å²) in [5, 5.41) is 8.76. The minimum absolute atomic E-state index is 0.384. The van der Waals surface area contributed by atoms with Crippen LogP contribution in [0.1, 0.15) is 18.1 Å². The van der Waals surface area contributed by atoms with Crippen molar-refractivity contribution < 1.29 is 19.5 Å². The predicted molar refractivity (Wildman–Crippen MR) is 71.9 cm³/mol. The zero-order chi connectivity index (χ0) is 14.9. The number of imide groups is 1. The molecular weight excluding hydrogens is 258 g/mol. The molecule has 5 nitrogen and oxygen atoms in total. The quantitative estimate of drug-likeness (QED) is 0.839. The number of hydrogen-bond donors (Lipinski definition) is 1. The molecule has 0 saturated carbocycles. The first-order chi connectivity index (χ1) is 9.40. The Morgan fingerprint density at radius 2 is 1.80 bits per heavy atom. The van der Waals surface area contributed by atoms with E-state index in [4.69, 9.17) is 5.11 Å². The van der Waals surface area contributed by atoms with Crippen molar-refractivity contribution >= 4 is 17.8 Å². The highest BCUT2D eigenvalue weighted by Crippen LogP contribution is 2.29. The summed E-state index contributed by atoms with van der Waals surface area (Å²) in [4.78, 5) is 35.7. The average molecular weight is 275 g/mol. The van der Waals surface area contributed by atoms with Crippen LogP contribution in [0.2, 0.25) is 0 Å². The van der Waals surface area contributed by atoms with Crippen molar-refractivity contribution in [2.45, 2.75) is 20.3 Å². The molecule has 0 aliphatic carbocycles. The van der Waals surface area contributed by atoms with E-state index in [9.17, 15) is 14.4 Å². The van der Waals surface area contributed by atoms with Gasteiger partial charge in [-0.2, -0.15) is 0 Å². The molecule has 1 aliphatic heterocycles. The fourth-order valence-corrected chi connectivity index (χ4v) is 2.47. The molecule has 0 spiro atoms. The highest BCUT2D eigenvalue weighted by Gasteiger charge is 2.45. The van der Waals surface area contributed by atoms with E-state index in [1.165, 1.54) is 0 Å². The Hall–Kier alpha value is -2.17. The molecule has 2 atom stereocenters. The number of rotatable bonds is 4. The molecule has 0 bridgehead atoms. The Labute approximate surface area is 117 Å². The first kappa shape index (κ1) is 14.2. The van der Waals surface area contributed by atoms with Crippen molar-refractivity contribution in [3.63, 3.8) is 0 Å². The van der Waals surface area contributed by atoms with E-state index >= 15 is 0 Å². The van der Waals surface area contributed by atoms with Crippen LogP contribution in [0.3, 0.4) is 0 Å². The summed E-state index contributed by atoms with van der Waals surface area (Å²) in [6.45, 7) is 3.11. The molecule has 1 N–H and O–H groups in total. The summed E-state index contributed by atoms with van der Waals surface area (Å²) >= 11 is 0. The first-order valence-electron chi connectivity index (χ1n) is 6.52. The molecule has 5 heteroatoms. The summed E-state index contributed by atoms with van der Waals surface area (Å²) in [5.41, 5.74) is 2.11. The van der Waals surface area contributed by atoms with E-state index in [2.05, 4.69) is 0 Å². The molecular formula is C15H17NO4. The molecule has 20 heavy (non-hydrogen) atoms. The molecule has 0 unspecified atom stereocenters. The highest BCUT2D eigenvalue weighted by atomic mass is 16.4. The highest BCUT2D eigenvalue weighted by molar-refractivity contribution is 6.06. The topological polar surface area (TPSA) is 74.7 Å². The van der Waals surface area contributed by atoms with Crippen molar-refractivity contribution in [2.24, 2.45) is 11.8 Å². The van der Waals surface area contributed by atoms with Crippen LogP contribution in [0.25, 0.3) is 0 Å². The molecule has 1 heterocycles. The fourth-order valence-electron chi connectivity index (χ4n) is 2.47. The lowest BCUT2D eigenvalue weighted by molar-refractivity contribution is -0.149. The van der Waals surface area contributed by atoms with Gasteiger partial charge in [0.05, 0.1) is 5.92 Å². The van der Waals surface area contributed by atoms with Gasteiger partial charge in [-0.1, -0.05) is 36.8 Å². The molecule has 1 saturated heterocycles. The van der Waals surface area contributed by atoms with E-state index in [1.54, 1.807) is 6.92 Å². The van der Waals surface area contributed by atoms with Crippen LogP contribution in [0.15, 0.2) is 24.3 Å². The number of carboxylic acids is 1. The number of carboxylic acid groups (broad SMARTS) is 1. The predicted octanol–water partition coefficient (Wildman–Crippen LogP) is 1.24. The van der Waals surface area contributed by atoms with Crippen molar-refractivity contribution in [3.05, 3.63) is 35.4 Å². The number of aliphatic carboxylic acids is 1. The van der Waals surface area contributed by atoms with Crippen LogP contribution in [0.5, 0.6) is 0 Å². The van der Waals surface area contributed by atoms with Gasteiger partial charge >= 0.3 is 5.97 Å². The van der Waals surface area contributed by atoms with Gasteiger partial charge in [-0.15, -0.1) is 0 Å². The molecule has 1 aliphatic rings. The van der Waals surface area contributed by atoms with Crippen LogP contribution < -0.4 is 0 Å². The molecule has 0 aromatic heterocycles. The second-order valence-corrected chi connectivity index (χ2v) is 5.24. The molecule has 1 aromatic carbocycles. The zero-order valence-corrected chi connectivity index (χ0v) is 11.5. The number of amides is 2. The number of carbonyl (C=O) groups is 3. The minimum atomic E-state index is -1.17. The lowest BCUT2D eigenvalue weighted by Crippen LogP contribution is -2.35. The number of benzene rings is 1. The molecule has 0 radical (unpaired) electrons. The Bertz CT molecular complexity index is 549. The van der Waals surface area contributed by atoms with Crippen molar-refractivity contribution in [2.75, 3.05) is 6.54 Å². The van der Waals surface area contributed by atoms with Crippen molar-refractivity contribution in [1.29, 1.82) is 0 Å². The Morgan fingerprint density at radius 3 is 2.35 bits per heavy atom. The average Bonchev–Trinajstić information content (AvgIpc) is 2.58. The number of nitrogens with zero attached hydrogens (tertiary/aromatic N) is 1. The van der Waals surface area contributed by atoms with Crippen LogP contribution in [0.4, 0.5) is 0 Å².